The van der Waals surface area contributed by atoms with E-state index in [2.05, 4.69) is 0 Å². The zero-order chi connectivity index (χ0) is 13.0. The third-order valence-corrected chi connectivity index (χ3v) is 3.90. The van der Waals surface area contributed by atoms with E-state index < -0.39 is 7.80 Å². The average molecular weight is 251 g/mol. The van der Waals surface area contributed by atoms with E-state index in [-0.39, 0.29) is 0 Å². The molecule has 0 aliphatic heterocycles. The molecule has 0 spiro atoms. The molecule has 0 aliphatic rings. The zero-order valence-electron chi connectivity index (χ0n) is 9.37. The van der Waals surface area contributed by atoms with Gasteiger partial charge in [0.05, 0.1) is 23.3 Å². The number of nitriles is 2. The third kappa shape index (κ3) is 2.43. The van der Waals surface area contributed by atoms with Crippen LogP contribution in [0.25, 0.3) is 0 Å². The zero-order valence-corrected chi connectivity index (χ0v) is 10.3. The molecule has 1 atom stereocenters. The summed E-state index contributed by atoms with van der Waals surface area (Å²) in [6.45, 7) is 0. The fraction of sp³-hybridized carbons (Fsp3) is 0. The van der Waals surface area contributed by atoms with Crippen molar-refractivity contribution in [3.05, 3.63) is 59.7 Å². The van der Waals surface area contributed by atoms with Gasteiger partial charge < -0.3 is 0 Å². The second kappa shape index (κ2) is 5.23. The molecule has 0 N–H and O–H groups in total. The lowest BCUT2D eigenvalue weighted by atomic mass is 10.1. The summed E-state index contributed by atoms with van der Waals surface area (Å²) < 4.78 is 12.3. The highest BCUT2D eigenvalue weighted by Crippen LogP contribution is 2.20. The van der Waals surface area contributed by atoms with Crippen LogP contribution in [0, 0.1) is 22.7 Å². The minimum absolute atomic E-state index is 0.350. The number of hydrogen-bond acceptors (Lipinski definition) is 3. The van der Waals surface area contributed by atoms with E-state index in [0.717, 1.165) is 0 Å². The second-order valence-corrected chi connectivity index (χ2v) is 5.24. The summed E-state index contributed by atoms with van der Waals surface area (Å²) in [5.74, 6) is 0. The first-order valence-electron chi connectivity index (χ1n) is 5.22. The standard InChI is InChI=1S/C14H8N2OP/c15-9-11-6-12(10-16)8-14(7-11)18(17)13-4-2-1-3-5-13/h1-8H/q+1. The van der Waals surface area contributed by atoms with Gasteiger partial charge >= 0.3 is 7.80 Å². The molecule has 2 aromatic carbocycles. The maximum atomic E-state index is 12.3. The predicted octanol–water partition coefficient (Wildman–Crippen LogP) is 2.21. The highest BCUT2D eigenvalue weighted by molar-refractivity contribution is 7.61. The van der Waals surface area contributed by atoms with E-state index in [9.17, 15) is 4.57 Å². The molecule has 0 aromatic heterocycles. The van der Waals surface area contributed by atoms with E-state index in [1.807, 2.05) is 30.3 Å². The highest BCUT2D eigenvalue weighted by atomic mass is 31.1. The maximum Gasteiger partial charge on any atom is 0.415 e. The van der Waals surface area contributed by atoms with Crippen molar-refractivity contribution in [3.8, 4) is 12.1 Å². The van der Waals surface area contributed by atoms with Crippen molar-refractivity contribution < 1.29 is 4.57 Å². The second-order valence-electron chi connectivity index (χ2n) is 3.62. The molecule has 0 aliphatic carbocycles. The van der Waals surface area contributed by atoms with Crippen LogP contribution in [-0.4, -0.2) is 0 Å². The Morgan fingerprint density at radius 1 is 0.833 bits per heavy atom. The average Bonchev–Trinajstić information content (AvgIpc) is 2.46. The molecule has 2 rings (SSSR count). The molecule has 18 heavy (non-hydrogen) atoms. The number of nitrogens with zero attached hydrogens (tertiary/aromatic N) is 2. The summed E-state index contributed by atoms with van der Waals surface area (Å²) in [7, 11) is -1.77. The van der Waals surface area contributed by atoms with Gasteiger partial charge in [0, 0.05) is 12.1 Å². The normalized spacial score (nSPS) is 10.2. The monoisotopic (exact) mass is 251 g/mol. The predicted molar refractivity (Wildman–Crippen MR) is 69.2 cm³/mol. The van der Waals surface area contributed by atoms with Crippen LogP contribution in [-0.2, 0) is 4.57 Å². The Labute approximate surface area is 106 Å². The van der Waals surface area contributed by atoms with Gasteiger partial charge in [-0.3, -0.25) is 0 Å². The van der Waals surface area contributed by atoms with E-state index in [1.165, 1.54) is 6.07 Å². The van der Waals surface area contributed by atoms with Crippen molar-refractivity contribution in [2.45, 2.75) is 0 Å². The lowest BCUT2D eigenvalue weighted by molar-refractivity contribution is 0.598. The van der Waals surface area contributed by atoms with Crippen molar-refractivity contribution in [2.24, 2.45) is 0 Å². The van der Waals surface area contributed by atoms with Crippen molar-refractivity contribution in [1.29, 1.82) is 10.5 Å². The van der Waals surface area contributed by atoms with Gasteiger partial charge in [-0.2, -0.15) is 10.5 Å². The molecule has 0 saturated heterocycles. The van der Waals surface area contributed by atoms with Gasteiger partial charge in [-0.15, -0.1) is 0 Å². The molecule has 4 heteroatoms. The molecule has 3 nitrogen and oxygen atoms in total. The number of rotatable bonds is 2. The first kappa shape index (κ1) is 12.0. The summed E-state index contributed by atoms with van der Waals surface area (Å²) >= 11 is 0. The lowest BCUT2D eigenvalue weighted by Crippen LogP contribution is -2.07. The van der Waals surface area contributed by atoms with Gasteiger partial charge in [-0.05, 0) is 18.2 Å². The Balaban J connectivity index is 2.50. The summed E-state index contributed by atoms with van der Waals surface area (Å²) in [4.78, 5) is 0. The molecule has 0 heterocycles. The quantitative estimate of drug-likeness (QED) is 0.768. The van der Waals surface area contributed by atoms with Crippen LogP contribution < -0.4 is 10.6 Å². The van der Waals surface area contributed by atoms with Gasteiger partial charge in [0.15, 0.2) is 10.6 Å². The Morgan fingerprint density at radius 3 is 1.89 bits per heavy atom. The van der Waals surface area contributed by atoms with E-state index in [1.54, 1.807) is 24.3 Å². The molecule has 0 amide bonds. The molecule has 0 radical (unpaired) electrons. The SMILES string of the molecule is N#Cc1cc(C#N)cc([P+](=O)c2ccccc2)c1. The van der Waals surface area contributed by atoms with Crippen LogP contribution in [0.4, 0.5) is 0 Å². The summed E-state index contributed by atoms with van der Waals surface area (Å²) in [6, 6.07) is 17.5. The van der Waals surface area contributed by atoms with Crippen LogP contribution >= 0.6 is 7.80 Å². The minimum atomic E-state index is -1.77. The Morgan fingerprint density at radius 2 is 1.39 bits per heavy atom. The number of benzene rings is 2. The summed E-state index contributed by atoms with van der Waals surface area (Å²) in [5.41, 5.74) is 0.701. The van der Waals surface area contributed by atoms with Crippen molar-refractivity contribution in [3.63, 3.8) is 0 Å². The van der Waals surface area contributed by atoms with E-state index >= 15 is 0 Å². The minimum Gasteiger partial charge on any atom is -0.192 e. The third-order valence-electron chi connectivity index (χ3n) is 2.40. The summed E-state index contributed by atoms with van der Waals surface area (Å²) in [6.07, 6.45) is 0. The van der Waals surface area contributed by atoms with Crippen LogP contribution in [0.5, 0.6) is 0 Å². The molecular formula is C14H8N2OP+. The molecule has 84 valence electrons. The lowest BCUT2D eigenvalue weighted by Gasteiger charge is -1.93. The van der Waals surface area contributed by atoms with Gasteiger partial charge in [0.25, 0.3) is 0 Å². The smallest absolute Gasteiger partial charge is 0.192 e. The molecule has 0 fully saturated rings. The Hall–Kier alpha value is -2.48. The fourth-order valence-corrected chi connectivity index (χ4v) is 2.82. The van der Waals surface area contributed by atoms with Gasteiger partial charge in [-0.25, -0.2) is 0 Å². The Bertz CT molecular complexity index is 649. The summed E-state index contributed by atoms with van der Waals surface area (Å²) in [5, 5.41) is 19.0. The maximum absolute atomic E-state index is 12.3. The van der Waals surface area contributed by atoms with Gasteiger partial charge in [-0.1, -0.05) is 22.8 Å². The van der Waals surface area contributed by atoms with Crippen LogP contribution in [0.15, 0.2) is 48.5 Å². The molecule has 1 unspecified atom stereocenters. The van der Waals surface area contributed by atoms with Crippen molar-refractivity contribution >= 4 is 18.4 Å². The first-order valence-corrected chi connectivity index (χ1v) is 6.48. The Kier molecular flexibility index (Phi) is 3.49. The molecule has 0 saturated carbocycles. The molecular weight excluding hydrogens is 243 g/mol. The first-order chi connectivity index (χ1) is 8.74. The van der Waals surface area contributed by atoms with Crippen molar-refractivity contribution in [2.75, 3.05) is 0 Å². The molecule has 2 aromatic rings. The van der Waals surface area contributed by atoms with Gasteiger partial charge in [0.2, 0.25) is 0 Å². The number of hydrogen-bond donors (Lipinski definition) is 0. The topological polar surface area (TPSA) is 64.7 Å². The molecule has 0 bridgehead atoms. The van der Waals surface area contributed by atoms with Crippen molar-refractivity contribution in [1.82, 2.24) is 0 Å². The van der Waals surface area contributed by atoms with Crippen LogP contribution in [0.2, 0.25) is 0 Å². The largest absolute Gasteiger partial charge is 0.415 e. The van der Waals surface area contributed by atoms with E-state index in [4.69, 9.17) is 10.5 Å². The van der Waals surface area contributed by atoms with E-state index in [0.29, 0.717) is 21.7 Å². The van der Waals surface area contributed by atoms with Crippen LogP contribution in [0.1, 0.15) is 11.1 Å². The van der Waals surface area contributed by atoms with Gasteiger partial charge in [0.1, 0.15) is 0 Å². The highest BCUT2D eigenvalue weighted by Gasteiger charge is 2.24. The van der Waals surface area contributed by atoms with Crippen LogP contribution in [0.3, 0.4) is 0 Å². The fourth-order valence-electron chi connectivity index (χ4n) is 1.57.